The lowest BCUT2D eigenvalue weighted by molar-refractivity contribution is 0.271. The lowest BCUT2D eigenvalue weighted by Gasteiger charge is -2.10. The Labute approximate surface area is 98.2 Å². The summed E-state index contributed by atoms with van der Waals surface area (Å²) in [5.41, 5.74) is 1.13. The molecule has 0 radical (unpaired) electrons. The van der Waals surface area contributed by atoms with E-state index < -0.39 is 0 Å². The molecule has 0 fully saturated rings. The molecule has 0 saturated carbocycles. The average molecular weight is 222 g/mol. The summed E-state index contributed by atoms with van der Waals surface area (Å²) in [5, 5.41) is 6.41. The number of likely N-dealkylation sites (N-methyl/N-ethyl adjacent to an activating group) is 1. The molecule has 90 valence electrons. The third kappa shape index (κ3) is 5.03. The van der Waals surface area contributed by atoms with Crippen molar-refractivity contribution in [3.63, 3.8) is 0 Å². The normalized spacial score (nSPS) is 10.5. The summed E-state index contributed by atoms with van der Waals surface area (Å²) < 4.78 is 5.61. The van der Waals surface area contributed by atoms with E-state index in [-0.39, 0.29) is 0 Å². The van der Waals surface area contributed by atoms with Crippen LogP contribution in [-0.2, 0) is 0 Å². The summed E-state index contributed by atoms with van der Waals surface area (Å²) in [6, 6.07) is 8.10. The molecule has 16 heavy (non-hydrogen) atoms. The van der Waals surface area contributed by atoms with Crippen LogP contribution in [-0.4, -0.2) is 26.7 Å². The van der Waals surface area contributed by atoms with Crippen LogP contribution in [0.25, 0.3) is 0 Å². The van der Waals surface area contributed by atoms with Crippen molar-refractivity contribution in [3.05, 3.63) is 24.3 Å². The van der Waals surface area contributed by atoms with E-state index in [0.717, 1.165) is 31.1 Å². The van der Waals surface area contributed by atoms with Crippen molar-refractivity contribution in [2.75, 3.05) is 32.1 Å². The van der Waals surface area contributed by atoms with Crippen LogP contribution in [0.5, 0.6) is 5.75 Å². The van der Waals surface area contributed by atoms with Crippen molar-refractivity contribution in [1.82, 2.24) is 5.32 Å². The molecular weight excluding hydrogens is 200 g/mol. The molecule has 0 saturated heterocycles. The lowest BCUT2D eigenvalue weighted by Crippen LogP contribution is -2.17. The zero-order chi connectivity index (χ0) is 11.8. The Balaban J connectivity index is 2.35. The molecule has 1 aromatic rings. The van der Waals surface area contributed by atoms with Crippen molar-refractivity contribution >= 4 is 5.69 Å². The average Bonchev–Trinajstić information content (AvgIpc) is 2.28. The summed E-state index contributed by atoms with van der Waals surface area (Å²) in [6.45, 7) is 6.96. The first-order valence-corrected chi connectivity index (χ1v) is 5.83. The second-order valence-corrected chi connectivity index (χ2v) is 4.26. The number of ether oxygens (including phenoxy) is 1. The number of benzene rings is 1. The fraction of sp³-hybridized carbons (Fsp3) is 0.538. The molecule has 2 N–H and O–H groups in total. The van der Waals surface area contributed by atoms with E-state index >= 15 is 0 Å². The van der Waals surface area contributed by atoms with Crippen molar-refractivity contribution in [2.24, 2.45) is 5.92 Å². The summed E-state index contributed by atoms with van der Waals surface area (Å²) in [7, 11) is 1.95. The van der Waals surface area contributed by atoms with Gasteiger partial charge in [-0.2, -0.15) is 0 Å². The van der Waals surface area contributed by atoms with E-state index in [1.165, 1.54) is 0 Å². The quantitative estimate of drug-likeness (QED) is 0.695. The smallest absolute Gasteiger partial charge is 0.119 e. The third-order valence-electron chi connectivity index (χ3n) is 2.14. The van der Waals surface area contributed by atoms with E-state index in [2.05, 4.69) is 24.5 Å². The summed E-state index contributed by atoms with van der Waals surface area (Å²) in [4.78, 5) is 0. The van der Waals surface area contributed by atoms with Crippen LogP contribution in [0.1, 0.15) is 13.8 Å². The minimum atomic E-state index is 0.563. The van der Waals surface area contributed by atoms with Crippen LogP contribution in [0.4, 0.5) is 5.69 Å². The number of hydrogen-bond donors (Lipinski definition) is 2. The van der Waals surface area contributed by atoms with Gasteiger partial charge in [-0.05, 0) is 37.2 Å². The van der Waals surface area contributed by atoms with E-state index in [9.17, 15) is 0 Å². The molecule has 3 nitrogen and oxygen atoms in total. The molecule has 0 spiro atoms. The summed E-state index contributed by atoms with van der Waals surface area (Å²) in [5.74, 6) is 1.50. The maximum absolute atomic E-state index is 5.61. The van der Waals surface area contributed by atoms with Gasteiger partial charge in [-0.1, -0.05) is 13.8 Å². The van der Waals surface area contributed by atoms with Crippen molar-refractivity contribution in [2.45, 2.75) is 13.8 Å². The first-order chi connectivity index (χ1) is 7.72. The fourth-order valence-electron chi connectivity index (χ4n) is 1.26. The number of nitrogens with one attached hydrogen (secondary N) is 2. The fourth-order valence-corrected chi connectivity index (χ4v) is 1.26. The molecule has 0 aliphatic rings. The van der Waals surface area contributed by atoms with Crippen LogP contribution in [0, 0.1) is 5.92 Å². The van der Waals surface area contributed by atoms with Gasteiger partial charge >= 0.3 is 0 Å². The highest BCUT2D eigenvalue weighted by atomic mass is 16.5. The molecule has 0 aromatic heterocycles. The monoisotopic (exact) mass is 222 g/mol. The molecule has 0 unspecified atom stereocenters. The van der Waals surface area contributed by atoms with Gasteiger partial charge < -0.3 is 15.4 Å². The molecule has 3 heteroatoms. The van der Waals surface area contributed by atoms with E-state index in [1.807, 2.05) is 31.3 Å². The Hall–Kier alpha value is -1.22. The second kappa shape index (κ2) is 7.12. The molecule has 0 bridgehead atoms. The molecule has 0 atom stereocenters. The minimum absolute atomic E-state index is 0.563. The third-order valence-corrected chi connectivity index (χ3v) is 2.14. The predicted molar refractivity (Wildman–Crippen MR) is 69.2 cm³/mol. The molecule has 0 aliphatic carbocycles. The molecule has 0 amide bonds. The standard InChI is InChI=1S/C13H22N2O/c1-11(2)10-16-13-6-4-12(5-7-13)15-9-8-14-3/h4-7,11,14-15H,8-10H2,1-3H3. The van der Waals surface area contributed by atoms with Crippen molar-refractivity contribution in [1.29, 1.82) is 0 Å². The van der Waals surface area contributed by atoms with Gasteiger partial charge in [-0.15, -0.1) is 0 Å². The Morgan fingerprint density at radius 1 is 1.12 bits per heavy atom. The van der Waals surface area contributed by atoms with Crippen molar-refractivity contribution < 1.29 is 4.74 Å². The molecule has 1 rings (SSSR count). The van der Waals surface area contributed by atoms with Gasteiger partial charge in [0.05, 0.1) is 6.61 Å². The van der Waals surface area contributed by atoms with E-state index in [1.54, 1.807) is 0 Å². The SMILES string of the molecule is CNCCNc1ccc(OCC(C)C)cc1. The van der Waals surface area contributed by atoms with Crippen molar-refractivity contribution in [3.8, 4) is 5.75 Å². The topological polar surface area (TPSA) is 33.3 Å². The molecule has 1 aromatic carbocycles. The van der Waals surface area contributed by atoms with Crippen LogP contribution in [0.15, 0.2) is 24.3 Å². The minimum Gasteiger partial charge on any atom is -0.493 e. The number of rotatable bonds is 7. The molecule has 0 heterocycles. The lowest BCUT2D eigenvalue weighted by atomic mass is 10.2. The highest BCUT2D eigenvalue weighted by Gasteiger charge is 1.97. The largest absolute Gasteiger partial charge is 0.493 e. The van der Waals surface area contributed by atoms with Crippen LogP contribution >= 0.6 is 0 Å². The maximum Gasteiger partial charge on any atom is 0.119 e. The van der Waals surface area contributed by atoms with Crippen LogP contribution in [0.3, 0.4) is 0 Å². The van der Waals surface area contributed by atoms with Gasteiger partial charge in [0.25, 0.3) is 0 Å². The maximum atomic E-state index is 5.61. The Bertz CT molecular complexity index is 282. The number of hydrogen-bond acceptors (Lipinski definition) is 3. The second-order valence-electron chi connectivity index (χ2n) is 4.26. The number of anilines is 1. The van der Waals surface area contributed by atoms with Gasteiger partial charge in [0, 0.05) is 18.8 Å². The van der Waals surface area contributed by atoms with Gasteiger partial charge in [-0.3, -0.25) is 0 Å². The first kappa shape index (κ1) is 12.8. The van der Waals surface area contributed by atoms with Gasteiger partial charge in [0.15, 0.2) is 0 Å². The predicted octanol–water partition coefficient (Wildman–Crippen LogP) is 2.35. The molecular formula is C13H22N2O. The highest BCUT2D eigenvalue weighted by Crippen LogP contribution is 2.15. The molecule has 0 aliphatic heterocycles. The Kier molecular flexibility index (Phi) is 5.72. The summed E-state index contributed by atoms with van der Waals surface area (Å²) >= 11 is 0. The van der Waals surface area contributed by atoms with E-state index in [4.69, 9.17) is 4.74 Å². The van der Waals surface area contributed by atoms with E-state index in [0.29, 0.717) is 5.92 Å². The van der Waals surface area contributed by atoms with Gasteiger partial charge in [-0.25, -0.2) is 0 Å². The Morgan fingerprint density at radius 2 is 1.81 bits per heavy atom. The highest BCUT2D eigenvalue weighted by molar-refractivity contribution is 5.46. The Morgan fingerprint density at radius 3 is 2.38 bits per heavy atom. The zero-order valence-electron chi connectivity index (χ0n) is 10.4. The van der Waals surface area contributed by atoms with Crippen LogP contribution < -0.4 is 15.4 Å². The van der Waals surface area contributed by atoms with Gasteiger partial charge in [0.2, 0.25) is 0 Å². The summed E-state index contributed by atoms with van der Waals surface area (Å²) in [6.07, 6.45) is 0. The zero-order valence-corrected chi connectivity index (χ0v) is 10.4. The van der Waals surface area contributed by atoms with Gasteiger partial charge in [0.1, 0.15) is 5.75 Å². The first-order valence-electron chi connectivity index (χ1n) is 5.83. The van der Waals surface area contributed by atoms with Crippen LogP contribution in [0.2, 0.25) is 0 Å².